The minimum Gasteiger partial charge on any atom is -0.377 e. The number of anilines is 1. The number of pyridine rings is 1. The van der Waals surface area contributed by atoms with E-state index >= 15 is 0 Å². The predicted octanol–water partition coefficient (Wildman–Crippen LogP) is 3.27. The molecule has 0 bridgehead atoms. The first kappa shape index (κ1) is 11.8. The summed E-state index contributed by atoms with van der Waals surface area (Å²) in [5.74, 6) is 0. The summed E-state index contributed by atoms with van der Waals surface area (Å²) in [6.45, 7) is 4.30. The summed E-state index contributed by atoms with van der Waals surface area (Å²) in [6.07, 6.45) is 8.48. The van der Waals surface area contributed by atoms with Crippen molar-refractivity contribution in [2.75, 3.05) is 19.0 Å². The van der Waals surface area contributed by atoms with E-state index in [1.807, 2.05) is 12.3 Å². The number of allylic oxidation sites excluding steroid dienone is 1. The molecule has 1 aromatic rings. The topological polar surface area (TPSA) is 16.1 Å². The lowest BCUT2D eigenvalue weighted by molar-refractivity contribution is 0.961. The Bertz CT molecular complexity index is 340. The molecule has 0 N–H and O–H groups in total. The summed E-state index contributed by atoms with van der Waals surface area (Å²) >= 11 is 0. The van der Waals surface area contributed by atoms with Gasteiger partial charge >= 0.3 is 0 Å². The van der Waals surface area contributed by atoms with Gasteiger partial charge in [0.15, 0.2) is 0 Å². The molecular formula is C13H20N2. The highest BCUT2D eigenvalue weighted by Gasteiger charge is 2.03. The fourth-order valence-electron chi connectivity index (χ4n) is 1.56. The van der Waals surface area contributed by atoms with Crippen LogP contribution in [0.5, 0.6) is 0 Å². The molecule has 0 amide bonds. The summed E-state index contributed by atoms with van der Waals surface area (Å²) in [5, 5.41) is 0. The van der Waals surface area contributed by atoms with Crippen LogP contribution in [0.25, 0.3) is 6.08 Å². The van der Waals surface area contributed by atoms with Crippen molar-refractivity contribution in [3.05, 3.63) is 29.6 Å². The molecule has 82 valence electrons. The minimum absolute atomic E-state index is 1.08. The van der Waals surface area contributed by atoms with Gasteiger partial charge < -0.3 is 4.90 Å². The molecule has 0 spiro atoms. The van der Waals surface area contributed by atoms with Crippen LogP contribution in [0, 0.1) is 6.92 Å². The molecule has 0 atom stereocenters. The maximum atomic E-state index is 4.38. The van der Waals surface area contributed by atoms with Crippen LogP contribution in [0.15, 0.2) is 18.3 Å². The van der Waals surface area contributed by atoms with Gasteiger partial charge in [0.2, 0.25) is 0 Å². The van der Waals surface area contributed by atoms with Crippen LogP contribution in [-0.2, 0) is 0 Å². The van der Waals surface area contributed by atoms with Crippen molar-refractivity contribution in [2.45, 2.75) is 26.7 Å². The van der Waals surface area contributed by atoms with E-state index in [-0.39, 0.29) is 0 Å². The summed E-state index contributed by atoms with van der Waals surface area (Å²) in [6, 6.07) is 2.05. The summed E-state index contributed by atoms with van der Waals surface area (Å²) in [4.78, 5) is 6.50. The monoisotopic (exact) mass is 204 g/mol. The third kappa shape index (κ3) is 3.08. The lowest BCUT2D eigenvalue weighted by atomic mass is 10.1. The van der Waals surface area contributed by atoms with E-state index in [0.29, 0.717) is 0 Å². The second kappa shape index (κ2) is 5.54. The zero-order valence-electron chi connectivity index (χ0n) is 10.1. The molecule has 0 saturated heterocycles. The number of rotatable bonds is 4. The van der Waals surface area contributed by atoms with Crippen molar-refractivity contribution in [1.82, 2.24) is 4.98 Å². The lowest BCUT2D eigenvalue weighted by Crippen LogP contribution is -2.11. The minimum atomic E-state index is 1.08. The largest absolute Gasteiger partial charge is 0.377 e. The van der Waals surface area contributed by atoms with Gasteiger partial charge in [-0.15, -0.1) is 0 Å². The average molecular weight is 204 g/mol. The molecule has 0 aromatic carbocycles. The SMILES string of the molecule is CCC/C=C\c1nccc(N(C)C)c1C. The average Bonchev–Trinajstić information content (AvgIpc) is 2.20. The Morgan fingerprint density at radius 2 is 2.13 bits per heavy atom. The van der Waals surface area contributed by atoms with Crippen LogP contribution in [0.4, 0.5) is 5.69 Å². The van der Waals surface area contributed by atoms with Gasteiger partial charge in [-0.3, -0.25) is 4.98 Å². The predicted molar refractivity (Wildman–Crippen MR) is 67.2 cm³/mol. The first-order valence-corrected chi connectivity index (χ1v) is 5.46. The van der Waals surface area contributed by atoms with Crippen molar-refractivity contribution >= 4 is 11.8 Å². The van der Waals surface area contributed by atoms with Gasteiger partial charge in [-0.1, -0.05) is 19.4 Å². The van der Waals surface area contributed by atoms with Crippen LogP contribution >= 0.6 is 0 Å². The highest BCUT2D eigenvalue weighted by atomic mass is 15.1. The van der Waals surface area contributed by atoms with E-state index in [2.05, 4.69) is 50.0 Å². The van der Waals surface area contributed by atoms with Gasteiger partial charge in [-0.2, -0.15) is 0 Å². The molecule has 0 aliphatic carbocycles. The Kier molecular flexibility index (Phi) is 4.35. The van der Waals surface area contributed by atoms with Crippen LogP contribution in [-0.4, -0.2) is 19.1 Å². The molecule has 1 aromatic heterocycles. The number of unbranched alkanes of at least 4 members (excludes halogenated alkanes) is 1. The normalized spacial score (nSPS) is 10.9. The van der Waals surface area contributed by atoms with Crippen molar-refractivity contribution < 1.29 is 0 Å². The Hall–Kier alpha value is -1.31. The van der Waals surface area contributed by atoms with E-state index < -0.39 is 0 Å². The number of hydrogen-bond donors (Lipinski definition) is 0. The molecule has 0 aliphatic rings. The molecule has 0 saturated carbocycles. The van der Waals surface area contributed by atoms with Crippen LogP contribution in [0.3, 0.4) is 0 Å². The Morgan fingerprint density at radius 1 is 1.40 bits per heavy atom. The Labute approximate surface area is 92.6 Å². The van der Waals surface area contributed by atoms with Crippen molar-refractivity contribution in [3.8, 4) is 0 Å². The molecule has 1 rings (SSSR count). The fourth-order valence-corrected chi connectivity index (χ4v) is 1.56. The first-order valence-electron chi connectivity index (χ1n) is 5.46. The summed E-state index contributed by atoms with van der Waals surface area (Å²) in [7, 11) is 4.11. The molecular weight excluding hydrogens is 184 g/mol. The van der Waals surface area contributed by atoms with Crippen LogP contribution < -0.4 is 4.90 Å². The maximum Gasteiger partial charge on any atom is 0.0676 e. The van der Waals surface area contributed by atoms with Crippen LogP contribution in [0.2, 0.25) is 0 Å². The standard InChI is InChI=1S/C13H20N2/c1-5-6-7-8-12-11(2)13(15(3)4)9-10-14-12/h7-10H,5-6H2,1-4H3/b8-7-. The first-order chi connectivity index (χ1) is 7.16. The van der Waals surface area contributed by atoms with Crippen LogP contribution in [0.1, 0.15) is 31.0 Å². The van der Waals surface area contributed by atoms with E-state index in [1.165, 1.54) is 17.7 Å². The van der Waals surface area contributed by atoms with Gasteiger partial charge in [0, 0.05) is 26.0 Å². The molecule has 15 heavy (non-hydrogen) atoms. The molecule has 0 aliphatic heterocycles. The zero-order chi connectivity index (χ0) is 11.3. The van der Waals surface area contributed by atoms with Gasteiger partial charge in [-0.05, 0) is 31.1 Å². The quantitative estimate of drug-likeness (QED) is 0.748. The summed E-state index contributed by atoms with van der Waals surface area (Å²) in [5.41, 5.74) is 3.56. The second-order valence-electron chi connectivity index (χ2n) is 3.93. The van der Waals surface area contributed by atoms with Crippen molar-refractivity contribution in [1.29, 1.82) is 0 Å². The smallest absolute Gasteiger partial charge is 0.0676 e. The molecule has 0 fully saturated rings. The van der Waals surface area contributed by atoms with E-state index in [0.717, 1.165) is 12.1 Å². The van der Waals surface area contributed by atoms with Gasteiger partial charge in [0.25, 0.3) is 0 Å². The Balaban J connectivity index is 2.94. The highest BCUT2D eigenvalue weighted by molar-refractivity contribution is 5.61. The lowest BCUT2D eigenvalue weighted by Gasteiger charge is -2.16. The maximum absolute atomic E-state index is 4.38. The van der Waals surface area contributed by atoms with Crippen molar-refractivity contribution in [3.63, 3.8) is 0 Å². The third-order valence-electron chi connectivity index (χ3n) is 2.43. The highest BCUT2D eigenvalue weighted by Crippen LogP contribution is 2.20. The number of aromatic nitrogens is 1. The zero-order valence-corrected chi connectivity index (χ0v) is 10.1. The van der Waals surface area contributed by atoms with E-state index in [9.17, 15) is 0 Å². The molecule has 0 unspecified atom stereocenters. The van der Waals surface area contributed by atoms with Gasteiger partial charge in [0.1, 0.15) is 0 Å². The van der Waals surface area contributed by atoms with Gasteiger partial charge in [-0.25, -0.2) is 0 Å². The Morgan fingerprint density at radius 3 is 2.73 bits per heavy atom. The van der Waals surface area contributed by atoms with E-state index in [4.69, 9.17) is 0 Å². The molecule has 2 heteroatoms. The number of hydrogen-bond acceptors (Lipinski definition) is 2. The molecule has 2 nitrogen and oxygen atoms in total. The summed E-state index contributed by atoms with van der Waals surface area (Å²) < 4.78 is 0. The van der Waals surface area contributed by atoms with Gasteiger partial charge in [0.05, 0.1) is 5.69 Å². The number of nitrogens with zero attached hydrogens (tertiary/aromatic N) is 2. The third-order valence-corrected chi connectivity index (χ3v) is 2.43. The van der Waals surface area contributed by atoms with Crippen molar-refractivity contribution in [2.24, 2.45) is 0 Å². The molecule has 0 radical (unpaired) electrons. The van der Waals surface area contributed by atoms with E-state index in [1.54, 1.807) is 0 Å². The molecule has 1 heterocycles. The second-order valence-corrected chi connectivity index (χ2v) is 3.93. The fraction of sp³-hybridized carbons (Fsp3) is 0.462.